The van der Waals surface area contributed by atoms with E-state index in [2.05, 4.69) is 0 Å². The van der Waals surface area contributed by atoms with Gasteiger partial charge in [0.05, 0.1) is 5.92 Å². The van der Waals surface area contributed by atoms with Crippen LogP contribution in [0.1, 0.15) is 41.0 Å². The van der Waals surface area contributed by atoms with Crippen molar-refractivity contribution >= 4 is 17.7 Å². The van der Waals surface area contributed by atoms with Crippen LogP contribution < -0.4 is 0 Å². The molecule has 0 bridgehead atoms. The minimum absolute atomic E-state index is 0.0708. The quantitative estimate of drug-likeness (QED) is 0.720. The number of Topliss-reactive ketones (excluding diaryl/α,β-unsaturated/α-hetero) is 2. The van der Waals surface area contributed by atoms with Crippen molar-refractivity contribution < 1.29 is 19.1 Å². The number of amides is 1. The average Bonchev–Trinajstić information content (AvgIpc) is 2.26. The van der Waals surface area contributed by atoms with Crippen LogP contribution >= 0.6 is 0 Å². The lowest BCUT2D eigenvalue weighted by Gasteiger charge is -2.33. The van der Waals surface area contributed by atoms with E-state index in [0.29, 0.717) is 6.54 Å². The number of ether oxygens (including phenoxy) is 1. The van der Waals surface area contributed by atoms with Gasteiger partial charge in [-0.05, 0) is 20.8 Å². The molecule has 19 heavy (non-hydrogen) atoms. The van der Waals surface area contributed by atoms with Crippen LogP contribution in [0.2, 0.25) is 0 Å². The molecule has 1 amide bonds. The van der Waals surface area contributed by atoms with Crippen molar-refractivity contribution in [2.24, 2.45) is 11.8 Å². The van der Waals surface area contributed by atoms with Crippen LogP contribution in [0, 0.1) is 11.8 Å². The molecule has 0 aromatic rings. The number of nitrogens with zero attached hydrogens (tertiary/aromatic N) is 1. The van der Waals surface area contributed by atoms with Gasteiger partial charge in [0.1, 0.15) is 17.2 Å². The van der Waals surface area contributed by atoms with E-state index < -0.39 is 17.6 Å². The van der Waals surface area contributed by atoms with Gasteiger partial charge in [-0.25, -0.2) is 4.79 Å². The molecular formula is C14H23NO4. The summed E-state index contributed by atoms with van der Waals surface area (Å²) < 4.78 is 5.27. The number of hydrogen-bond donors (Lipinski definition) is 0. The van der Waals surface area contributed by atoms with Crippen LogP contribution in [0.15, 0.2) is 0 Å². The average molecular weight is 269 g/mol. The summed E-state index contributed by atoms with van der Waals surface area (Å²) >= 11 is 0. The Hall–Kier alpha value is -1.39. The van der Waals surface area contributed by atoms with E-state index in [4.69, 9.17) is 4.74 Å². The molecule has 0 aromatic heterocycles. The summed E-state index contributed by atoms with van der Waals surface area (Å²) in [5, 5.41) is 0. The van der Waals surface area contributed by atoms with E-state index in [1.807, 2.05) is 0 Å². The predicted octanol–water partition coefficient (Wildman–Crippen LogP) is 2.04. The molecule has 0 aliphatic carbocycles. The monoisotopic (exact) mass is 269 g/mol. The summed E-state index contributed by atoms with van der Waals surface area (Å²) in [4.78, 5) is 37.2. The molecule has 1 heterocycles. The Morgan fingerprint density at radius 1 is 1.32 bits per heavy atom. The Morgan fingerprint density at radius 3 is 2.37 bits per heavy atom. The Morgan fingerprint density at radius 2 is 1.89 bits per heavy atom. The van der Waals surface area contributed by atoms with Gasteiger partial charge >= 0.3 is 6.09 Å². The molecule has 0 spiro atoms. The van der Waals surface area contributed by atoms with Crippen LogP contribution in [-0.2, 0) is 14.3 Å². The third-order valence-electron chi connectivity index (χ3n) is 2.98. The van der Waals surface area contributed by atoms with E-state index >= 15 is 0 Å². The zero-order valence-corrected chi connectivity index (χ0v) is 12.4. The van der Waals surface area contributed by atoms with Gasteiger partial charge in [-0.3, -0.25) is 9.59 Å². The van der Waals surface area contributed by atoms with Gasteiger partial charge < -0.3 is 9.64 Å². The summed E-state index contributed by atoms with van der Waals surface area (Å²) in [6.45, 7) is 9.37. The Balaban J connectivity index is 2.72. The molecule has 1 fully saturated rings. The van der Waals surface area contributed by atoms with Crippen molar-refractivity contribution in [3.63, 3.8) is 0 Å². The van der Waals surface area contributed by atoms with Crippen LogP contribution in [-0.4, -0.2) is 41.3 Å². The lowest BCUT2D eigenvalue weighted by molar-refractivity contribution is -0.137. The van der Waals surface area contributed by atoms with Crippen molar-refractivity contribution in [2.75, 3.05) is 13.1 Å². The third kappa shape index (κ3) is 4.33. The SMILES string of the molecule is CC(C)C(=O)C1CN(C(=O)OC(C)(C)C)CCC1=O. The van der Waals surface area contributed by atoms with Gasteiger partial charge in [-0.15, -0.1) is 0 Å². The standard InChI is InChI=1S/C14H23NO4/c1-9(2)12(17)10-8-15(7-6-11(10)16)13(18)19-14(3,4)5/h9-10H,6-8H2,1-5H3. The van der Waals surface area contributed by atoms with Crippen LogP contribution in [0.25, 0.3) is 0 Å². The van der Waals surface area contributed by atoms with Gasteiger partial charge in [0.15, 0.2) is 0 Å². The fraction of sp³-hybridized carbons (Fsp3) is 0.786. The summed E-state index contributed by atoms with van der Waals surface area (Å²) in [5.41, 5.74) is -0.573. The molecule has 1 rings (SSSR count). The maximum atomic E-state index is 12.0. The number of carbonyl (C=O) groups excluding carboxylic acids is 3. The molecule has 0 radical (unpaired) electrons. The predicted molar refractivity (Wildman–Crippen MR) is 70.8 cm³/mol. The molecule has 1 aliphatic heterocycles. The van der Waals surface area contributed by atoms with Crippen molar-refractivity contribution in [3.8, 4) is 0 Å². The molecule has 5 heteroatoms. The first-order valence-electron chi connectivity index (χ1n) is 6.66. The first kappa shape index (κ1) is 15.7. The number of ketones is 2. The van der Waals surface area contributed by atoms with E-state index in [-0.39, 0.29) is 30.4 Å². The van der Waals surface area contributed by atoms with E-state index in [0.717, 1.165) is 0 Å². The zero-order chi connectivity index (χ0) is 14.8. The second kappa shape index (κ2) is 5.72. The van der Waals surface area contributed by atoms with Crippen LogP contribution in [0.4, 0.5) is 4.79 Å². The van der Waals surface area contributed by atoms with Crippen molar-refractivity contribution in [3.05, 3.63) is 0 Å². The fourth-order valence-electron chi connectivity index (χ4n) is 1.98. The Labute approximate surface area is 114 Å². The van der Waals surface area contributed by atoms with E-state index in [1.54, 1.807) is 34.6 Å². The summed E-state index contributed by atoms with van der Waals surface area (Å²) in [5.74, 6) is -1.06. The van der Waals surface area contributed by atoms with E-state index in [9.17, 15) is 14.4 Å². The summed E-state index contributed by atoms with van der Waals surface area (Å²) in [6, 6.07) is 0. The van der Waals surface area contributed by atoms with Gasteiger partial charge in [0.2, 0.25) is 0 Å². The highest BCUT2D eigenvalue weighted by atomic mass is 16.6. The molecule has 108 valence electrons. The second-order valence-electron chi connectivity index (χ2n) is 6.25. The second-order valence-corrected chi connectivity index (χ2v) is 6.25. The smallest absolute Gasteiger partial charge is 0.410 e. The topological polar surface area (TPSA) is 63.7 Å². The summed E-state index contributed by atoms with van der Waals surface area (Å²) in [7, 11) is 0. The lowest BCUT2D eigenvalue weighted by Crippen LogP contribution is -2.49. The molecule has 1 atom stereocenters. The number of carbonyl (C=O) groups is 3. The molecule has 0 saturated carbocycles. The number of rotatable bonds is 2. The minimum atomic E-state index is -0.693. The molecule has 5 nitrogen and oxygen atoms in total. The first-order valence-corrected chi connectivity index (χ1v) is 6.66. The number of likely N-dealkylation sites (tertiary alicyclic amines) is 1. The third-order valence-corrected chi connectivity index (χ3v) is 2.98. The highest BCUT2D eigenvalue weighted by molar-refractivity contribution is 6.04. The van der Waals surface area contributed by atoms with Crippen molar-refractivity contribution in [1.29, 1.82) is 0 Å². The largest absolute Gasteiger partial charge is 0.444 e. The van der Waals surface area contributed by atoms with Crippen molar-refractivity contribution in [1.82, 2.24) is 4.90 Å². The van der Waals surface area contributed by atoms with E-state index in [1.165, 1.54) is 4.90 Å². The van der Waals surface area contributed by atoms with Gasteiger partial charge in [0, 0.05) is 25.4 Å². The maximum absolute atomic E-state index is 12.0. The van der Waals surface area contributed by atoms with Crippen LogP contribution in [0.5, 0.6) is 0 Å². The summed E-state index contributed by atoms with van der Waals surface area (Å²) in [6.07, 6.45) is -0.232. The maximum Gasteiger partial charge on any atom is 0.410 e. The van der Waals surface area contributed by atoms with Crippen molar-refractivity contribution in [2.45, 2.75) is 46.6 Å². The zero-order valence-electron chi connectivity index (χ0n) is 12.4. The van der Waals surface area contributed by atoms with Gasteiger partial charge in [0.25, 0.3) is 0 Å². The van der Waals surface area contributed by atoms with Crippen LogP contribution in [0.3, 0.4) is 0 Å². The Kier molecular flexibility index (Phi) is 4.71. The highest BCUT2D eigenvalue weighted by Gasteiger charge is 2.36. The first-order chi connectivity index (χ1) is 8.61. The number of piperidine rings is 1. The van der Waals surface area contributed by atoms with Gasteiger partial charge in [-0.2, -0.15) is 0 Å². The molecule has 1 unspecified atom stereocenters. The normalized spacial score (nSPS) is 20.6. The van der Waals surface area contributed by atoms with Gasteiger partial charge in [-0.1, -0.05) is 13.8 Å². The lowest BCUT2D eigenvalue weighted by atomic mass is 9.87. The molecule has 1 aliphatic rings. The minimum Gasteiger partial charge on any atom is -0.444 e. The Bertz CT molecular complexity index is 381. The molecular weight excluding hydrogens is 246 g/mol. The number of hydrogen-bond acceptors (Lipinski definition) is 4. The fourth-order valence-corrected chi connectivity index (χ4v) is 1.98. The molecule has 0 N–H and O–H groups in total. The molecule has 0 aromatic carbocycles. The highest BCUT2D eigenvalue weighted by Crippen LogP contribution is 2.20. The molecule has 1 saturated heterocycles.